The molecule has 35 heavy (non-hydrogen) atoms. The summed E-state index contributed by atoms with van der Waals surface area (Å²) in [5.41, 5.74) is 2.46. The van der Waals surface area contributed by atoms with E-state index in [0.717, 1.165) is 28.6 Å². The van der Waals surface area contributed by atoms with Crippen LogP contribution in [0, 0.1) is 6.92 Å². The zero-order valence-corrected chi connectivity index (χ0v) is 19.9. The van der Waals surface area contributed by atoms with Crippen LogP contribution in [-0.4, -0.2) is 41.7 Å². The molecule has 0 aromatic heterocycles. The Balaban J connectivity index is 1.28. The lowest BCUT2D eigenvalue weighted by molar-refractivity contribution is -0.123. The summed E-state index contributed by atoms with van der Waals surface area (Å²) >= 11 is 0.902. The lowest BCUT2D eigenvalue weighted by Gasteiger charge is -2.13. The molecule has 0 unspecified atom stereocenters. The van der Waals surface area contributed by atoms with Crippen LogP contribution in [0.25, 0.3) is 6.08 Å². The van der Waals surface area contributed by atoms with Gasteiger partial charge >= 0.3 is 0 Å². The van der Waals surface area contributed by atoms with E-state index in [9.17, 15) is 14.4 Å². The van der Waals surface area contributed by atoms with Crippen molar-refractivity contribution in [2.75, 3.05) is 25.1 Å². The molecule has 8 heteroatoms. The molecule has 3 aromatic rings. The lowest BCUT2D eigenvalue weighted by atomic mass is 10.2. The summed E-state index contributed by atoms with van der Waals surface area (Å²) in [6.45, 7) is 2.19. The zero-order chi connectivity index (χ0) is 24.6. The predicted molar refractivity (Wildman–Crippen MR) is 136 cm³/mol. The smallest absolute Gasteiger partial charge is 0.293 e. The molecular weight excluding hydrogens is 464 g/mol. The van der Waals surface area contributed by atoms with E-state index in [1.165, 1.54) is 4.90 Å². The minimum Gasteiger partial charge on any atom is -0.492 e. The van der Waals surface area contributed by atoms with E-state index in [1.807, 2.05) is 61.5 Å². The molecule has 7 nitrogen and oxygen atoms in total. The highest BCUT2D eigenvalue weighted by Crippen LogP contribution is 2.32. The van der Waals surface area contributed by atoms with Crippen LogP contribution in [0.4, 0.5) is 10.5 Å². The van der Waals surface area contributed by atoms with Crippen LogP contribution in [0.5, 0.6) is 11.5 Å². The van der Waals surface area contributed by atoms with E-state index in [0.29, 0.717) is 16.4 Å². The van der Waals surface area contributed by atoms with Gasteiger partial charge in [0.1, 0.15) is 18.1 Å². The number of amides is 3. The minimum atomic E-state index is -0.343. The van der Waals surface area contributed by atoms with E-state index in [1.54, 1.807) is 30.3 Å². The first-order valence-electron chi connectivity index (χ1n) is 11.0. The Labute approximate surface area is 207 Å². The molecule has 0 atom stereocenters. The first-order chi connectivity index (χ1) is 17.0. The van der Waals surface area contributed by atoms with Crippen molar-refractivity contribution in [2.45, 2.75) is 6.92 Å². The molecule has 0 spiro atoms. The normalized spacial score (nSPS) is 14.3. The predicted octanol–water partition coefficient (Wildman–Crippen LogP) is 5.13. The van der Waals surface area contributed by atoms with Crippen molar-refractivity contribution in [1.82, 2.24) is 4.90 Å². The standard InChI is InChI=1S/C27H24N2O5S/c1-19-7-5-6-10-23(19)28-25(30)18-34-22-13-11-20(12-14-22)17-24-26(31)29(27(32)35-24)15-16-33-21-8-3-2-4-9-21/h2-14,17H,15-16,18H2,1H3,(H,28,30)/b24-17-. The number of benzene rings is 3. The average Bonchev–Trinajstić information content (AvgIpc) is 3.13. The molecule has 178 valence electrons. The van der Waals surface area contributed by atoms with Crippen LogP contribution in [-0.2, 0) is 9.59 Å². The number of rotatable bonds is 9. The van der Waals surface area contributed by atoms with Gasteiger partial charge < -0.3 is 14.8 Å². The van der Waals surface area contributed by atoms with E-state index in [4.69, 9.17) is 9.47 Å². The number of para-hydroxylation sites is 2. The van der Waals surface area contributed by atoms with Crippen molar-refractivity contribution in [3.8, 4) is 11.5 Å². The third-order valence-electron chi connectivity index (χ3n) is 5.17. The fraction of sp³-hybridized carbons (Fsp3) is 0.148. The monoisotopic (exact) mass is 488 g/mol. The number of imide groups is 1. The molecule has 1 saturated heterocycles. The van der Waals surface area contributed by atoms with Crippen LogP contribution < -0.4 is 14.8 Å². The van der Waals surface area contributed by atoms with Crippen LogP contribution in [0.15, 0.2) is 83.8 Å². The summed E-state index contributed by atoms with van der Waals surface area (Å²) in [4.78, 5) is 38.7. The number of hydrogen-bond donors (Lipinski definition) is 1. The molecule has 1 aliphatic heterocycles. The van der Waals surface area contributed by atoms with Gasteiger partial charge in [0, 0.05) is 5.69 Å². The second-order valence-electron chi connectivity index (χ2n) is 7.72. The first-order valence-corrected chi connectivity index (χ1v) is 11.8. The first kappa shape index (κ1) is 24.1. The molecule has 0 aliphatic carbocycles. The van der Waals surface area contributed by atoms with Gasteiger partial charge in [-0.15, -0.1) is 0 Å². The maximum absolute atomic E-state index is 12.7. The van der Waals surface area contributed by atoms with Crippen molar-refractivity contribution in [3.63, 3.8) is 0 Å². The van der Waals surface area contributed by atoms with Gasteiger partial charge in [-0.1, -0.05) is 48.5 Å². The van der Waals surface area contributed by atoms with Crippen molar-refractivity contribution in [3.05, 3.63) is 94.9 Å². The molecule has 1 heterocycles. The molecule has 0 bridgehead atoms. The summed E-state index contributed by atoms with van der Waals surface area (Å²) < 4.78 is 11.2. The van der Waals surface area contributed by atoms with Crippen molar-refractivity contribution < 1.29 is 23.9 Å². The maximum Gasteiger partial charge on any atom is 0.293 e. The van der Waals surface area contributed by atoms with Gasteiger partial charge in [0.05, 0.1) is 11.4 Å². The second kappa shape index (κ2) is 11.4. The summed E-state index contributed by atoms with van der Waals surface area (Å²) in [6.07, 6.45) is 1.66. The van der Waals surface area contributed by atoms with Gasteiger partial charge in [-0.25, -0.2) is 0 Å². The fourth-order valence-electron chi connectivity index (χ4n) is 3.32. The Hall–Kier alpha value is -4.04. The highest BCUT2D eigenvalue weighted by atomic mass is 32.2. The van der Waals surface area contributed by atoms with Crippen LogP contribution in [0.1, 0.15) is 11.1 Å². The Bertz CT molecular complexity index is 1240. The van der Waals surface area contributed by atoms with Gasteiger partial charge in [-0.3, -0.25) is 19.3 Å². The largest absolute Gasteiger partial charge is 0.492 e. The van der Waals surface area contributed by atoms with Gasteiger partial charge in [0.25, 0.3) is 17.1 Å². The molecule has 3 amide bonds. The molecular formula is C27H24N2O5S. The number of anilines is 1. The van der Waals surface area contributed by atoms with Gasteiger partial charge in [0.2, 0.25) is 0 Å². The third-order valence-corrected chi connectivity index (χ3v) is 6.07. The molecule has 1 fully saturated rings. The van der Waals surface area contributed by atoms with Gasteiger partial charge in [-0.05, 0) is 66.2 Å². The lowest BCUT2D eigenvalue weighted by Crippen LogP contribution is -2.32. The number of nitrogens with one attached hydrogen (secondary N) is 1. The number of carbonyl (C=O) groups excluding carboxylic acids is 3. The van der Waals surface area contributed by atoms with E-state index in [2.05, 4.69) is 5.32 Å². The number of carbonyl (C=O) groups is 3. The van der Waals surface area contributed by atoms with E-state index < -0.39 is 0 Å². The molecule has 0 radical (unpaired) electrons. The average molecular weight is 489 g/mol. The Morgan fingerprint density at radius 1 is 0.914 bits per heavy atom. The van der Waals surface area contributed by atoms with Crippen molar-refractivity contribution in [2.24, 2.45) is 0 Å². The molecule has 1 N–H and O–H groups in total. The summed E-state index contributed by atoms with van der Waals surface area (Å²) in [7, 11) is 0. The number of ether oxygens (including phenoxy) is 2. The maximum atomic E-state index is 12.7. The topological polar surface area (TPSA) is 84.9 Å². The van der Waals surface area contributed by atoms with E-state index >= 15 is 0 Å². The molecule has 1 aliphatic rings. The van der Waals surface area contributed by atoms with Crippen LogP contribution in [0.3, 0.4) is 0 Å². The van der Waals surface area contributed by atoms with Crippen LogP contribution in [0.2, 0.25) is 0 Å². The molecule has 0 saturated carbocycles. The minimum absolute atomic E-state index is 0.127. The number of hydrogen-bond acceptors (Lipinski definition) is 6. The summed E-state index contributed by atoms with van der Waals surface area (Å²) in [5, 5.41) is 2.50. The van der Waals surface area contributed by atoms with Gasteiger partial charge in [-0.2, -0.15) is 0 Å². The van der Waals surface area contributed by atoms with Gasteiger partial charge in [0.15, 0.2) is 6.61 Å². The Morgan fingerprint density at radius 2 is 1.60 bits per heavy atom. The van der Waals surface area contributed by atoms with Crippen molar-refractivity contribution >= 4 is 40.6 Å². The summed E-state index contributed by atoms with van der Waals surface area (Å²) in [6, 6.07) is 23.7. The molecule has 4 rings (SSSR count). The summed E-state index contributed by atoms with van der Waals surface area (Å²) in [5.74, 6) is 0.608. The van der Waals surface area contributed by atoms with E-state index in [-0.39, 0.29) is 36.8 Å². The second-order valence-corrected chi connectivity index (χ2v) is 8.71. The highest BCUT2D eigenvalue weighted by molar-refractivity contribution is 8.18. The number of nitrogens with zero attached hydrogens (tertiary/aromatic N) is 1. The zero-order valence-electron chi connectivity index (χ0n) is 19.1. The highest BCUT2D eigenvalue weighted by Gasteiger charge is 2.34. The number of thioether (sulfide) groups is 1. The van der Waals surface area contributed by atoms with Crippen molar-refractivity contribution in [1.29, 1.82) is 0 Å². The third kappa shape index (κ3) is 6.51. The Morgan fingerprint density at radius 3 is 2.34 bits per heavy atom. The molecule has 3 aromatic carbocycles. The van der Waals surface area contributed by atoms with Crippen LogP contribution >= 0.6 is 11.8 Å². The fourth-order valence-corrected chi connectivity index (χ4v) is 4.19. The Kier molecular flexibility index (Phi) is 7.84. The quantitative estimate of drug-likeness (QED) is 0.421. The SMILES string of the molecule is Cc1ccccc1NC(=O)COc1ccc(/C=C2\SC(=O)N(CCOc3ccccc3)C2=O)cc1. The number of aryl methyl sites for hydroxylation is 1.